The summed E-state index contributed by atoms with van der Waals surface area (Å²) in [4.78, 5) is 23.4. The number of aryl methyl sites for hydroxylation is 2. The first-order chi connectivity index (χ1) is 10.1. The summed E-state index contributed by atoms with van der Waals surface area (Å²) in [6, 6.07) is 4.08. The lowest BCUT2D eigenvalue weighted by Gasteiger charge is -2.07. The van der Waals surface area contributed by atoms with Crippen LogP contribution in [0.4, 0.5) is 0 Å². The van der Waals surface area contributed by atoms with Gasteiger partial charge < -0.3 is 9.67 Å². The fourth-order valence-corrected chi connectivity index (χ4v) is 2.26. The quantitative estimate of drug-likeness (QED) is 0.796. The van der Waals surface area contributed by atoms with E-state index in [9.17, 15) is 9.90 Å². The van der Waals surface area contributed by atoms with E-state index >= 15 is 0 Å². The Balaban J connectivity index is 2.07. The number of carboxylic acids is 1. The second kappa shape index (κ2) is 4.97. The van der Waals surface area contributed by atoms with E-state index in [0.717, 1.165) is 11.0 Å². The second-order valence-corrected chi connectivity index (χ2v) is 4.99. The van der Waals surface area contributed by atoms with Crippen LogP contribution in [0.2, 0.25) is 0 Å². The Bertz CT molecular complexity index is 839. The monoisotopic (exact) mass is 282 g/mol. The molecule has 0 bridgehead atoms. The molecule has 6 nitrogen and oxygen atoms in total. The van der Waals surface area contributed by atoms with Crippen LogP contribution in [0.1, 0.15) is 27.2 Å². The lowest BCUT2D eigenvalue weighted by molar-refractivity contribution is 0.0694. The standard InChI is InChI=1S/C15H14N4O2/c1-9-3-12-14(4-10(9)2)19(8-18-12)6-13-11(15(20)21)5-16-7-17-13/h3-5,7-8H,6H2,1-2H3,(H,20,21). The molecule has 0 aliphatic rings. The van der Waals surface area contributed by atoms with Gasteiger partial charge in [0.05, 0.1) is 29.6 Å². The van der Waals surface area contributed by atoms with Gasteiger partial charge in [-0.05, 0) is 37.1 Å². The highest BCUT2D eigenvalue weighted by Gasteiger charge is 2.13. The summed E-state index contributed by atoms with van der Waals surface area (Å²) in [7, 11) is 0. The second-order valence-electron chi connectivity index (χ2n) is 4.99. The van der Waals surface area contributed by atoms with E-state index in [4.69, 9.17) is 0 Å². The van der Waals surface area contributed by atoms with Crippen molar-refractivity contribution in [3.63, 3.8) is 0 Å². The van der Waals surface area contributed by atoms with Gasteiger partial charge in [0.1, 0.15) is 11.9 Å². The molecule has 0 saturated heterocycles. The van der Waals surface area contributed by atoms with Gasteiger partial charge in [0, 0.05) is 6.20 Å². The molecular formula is C15H14N4O2. The molecule has 2 aromatic heterocycles. The van der Waals surface area contributed by atoms with E-state index in [1.54, 1.807) is 6.33 Å². The SMILES string of the molecule is Cc1cc2ncn(Cc3ncncc3C(=O)O)c2cc1C. The number of aromatic carboxylic acids is 1. The topological polar surface area (TPSA) is 80.9 Å². The Hall–Kier alpha value is -2.76. The molecule has 0 aliphatic carbocycles. The van der Waals surface area contributed by atoms with Crippen LogP contribution in [0.3, 0.4) is 0 Å². The number of hydrogen-bond acceptors (Lipinski definition) is 4. The van der Waals surface area contributed by atoms with Gasteiger partial charge in [0.2, 0.25) is 0 Å². The van der Waals surface area contributed by atoms with Crippen LogP contribution in [0, 0.1) is 13.8 Å². The molecule has 3 aromatic rings. The summed E-state index contributed by atoms with van der Waals surface area (Å²) in [5.41, 5.74) is 4.79. The number of rotatable bonds is 3. The first kappa shape index (κ1) is 13.2. The third-order valence-electron chi connectivity index (χ3n) is 3.58. The Kier molecular flexibility index (Phi) is 3.13. The Morgan fingerprint density at radius 2 is 2.00 bits per heavy atom. The third-order valence-corrected chi connectivity index (χ3v) is 3.58. The van der Waals surface area contributed by atoms with E-state index in [1.807, 2.05) is 24.5 Å². The molecule has 0 fully saturated rings. The Morgan fingerprint density at radius 3 is 2.76 bits per heavy atom. The molecule has 21 heavy (non-hydrogen) atoms. The Labute approximate surface area is 121 Å². The van der Waals surface area contributed by atoms with E-state index in [0.29, 0.717) is 12.2 Å². The molecule has 0 amide bonds. The van der Waals surface area contributed by atoms with Gasteiger partial charge in [-0.25, -0.2) is 19.7 Å². The maximum atomic E-state index is 11.2. The van der Waals surface area contributed by atoms with Crippen molar-refractivity contribution in [3.8, 4) is 0 Å². The minimum Gasteiger partial charge on any atom is -0.478 e. The summed E-state index contributed by atoms with van der Waals surface area (Å²) in [6.45, 7) is 4.43. The minimum absolute atomic E-state index is 0.114. The third kappa shape index (κ3) is 2.35. The van der Waals surface area contributed by atoms with Crippen molar-refractivity contribution in [3.05, 3.63) is 53.4 Å². The average molecular weight is 282 g/mol. The van der Waals surface area contributed by atoms with Gasteiger partial charge in [-0.15, -0.1) is 0 Å². The lowest BCUT2D eigenvalue weighted by Crippen LogP contribution is -2.09. The fourth-order valence-electron chi connectivity index (χ4n) is 2.26. The molecule has 0 aliphatic heterocycles. The molecular weight excluding hydrogens is 268 g/mol. The van der Waals surface area contributed by atoms with Gasteiger partial charge in [-0.1, -0.05) is 0 Å². The largest absolute Gasteiger partial charge is 0.478 e. The molecule has 3 rings (SSSR count). The highest BCUT2D eigenvalue weighted by Crippen LogP contribution is 2.19. The van der Waals surface area contributed by atoms with Crippen molar-refractivity contribution in [2.75, 3.05) is 0 Å². The number of hydrogen-bond donors (Lipinski definition) is 1. The molecule has 0 unspecified atom stereocenters. The highest BCUT2D eigenvalue weighted by molar-refractivity contribution is 5.88. The maximum absolute atomic E-state index is 11.2. The zero-order valence-electron chi connectivity index (χ0n) is 11.7. The van der Waals surface area contributed by atoms with E-state index in [2.05, 4.69) is 21.0 Å². The molecule has 0 spiro atoms. The van der Waals surface area contributed by atoms with Crippen molar-refractivity contribution in [2.24, 2.45) is 0 Å². The number of carbonyl (C=O) groups is 1. The van der Waals surface area contributed by atoms with Gasteiger partial charge in [-0.2, -0.15) is 0 Å². The van der Waals surface area contributed by atoms with Crippen LogP contribution in [-0.2, 0) is 6.54 Å². The summed E-state index contributed by atoms with van der Waals surface area (Å²) >= 11 is 0. The molecule has 106 valence electrons. The molecule has 6 heteroatoms. The number of imidazole rings is 1. The summed E-state index contributed by atoms with van der Waals surface area (Å²) in [6.07, 6.45) is 4.38. The molecule has 1 N–H and O–H groups in total. The summed E-state index contributed by atoms with van der Waals surface area (Å²) < 4.78 is 1.90. The molecule has 2 heterocycles. The predicted molar refractivity (Wildman–Crippen MR) is 77.3 cm³/mol. The zero-order chi connectivity index (χ0) is 15.0. The number of aromatic nitrogens is 4. The smallest absolute Gasteiger partial charge is 0.339 e. The first-order valence-corrected chi connectivity index (χ1v) is 6.50. The van der Waals surface area contributed by atoms with Crippen molar-refractivity contribution in [2.45, 2.75) is 20.4 Å². The van der Waals surface area contributed by atoms with E-state index in [-0.39, 0.29) is 5.56 Å². The van der Waals surface area contributed by atoms with Crippen LogP contribution in [-0.4, -0.2) is 30.6 Å². The van der Waals surface area contributed by atoms with Gasteiger partial charge in [0.15, 0.2) is 0 Å². The van der Waals surface area contributed by atoms with Gasteiger partial charge in [-0.3, -0.25) is 0 Å². The van der Waals surface area contributed by atoms with Gasteiger partial charge in [0.25, 0.3) is 0 Å². The number of benzene rings is 1. The van der Waals surface area contributed by atoms with Crippen molar-refractivity contribution < 1.29 is 9.90 Å². The normalized spacial score (nSPS) is 11.0. The molecule has 0 radical (unpaired) electrons. The predicted octanol–water partition coefficient (Wildman–Crippen LogP) is 2.19. The number of fused-ring (bicyclic) bond motifs is 1. The fraction of sp³-hybridized carbons (Fsp3) is 0.200. The first-order valence-electron chi connectivity index (χ1n) is 6.50. The highest BCUT2D eigenvalue weighted by atomic mass is 16.4. The molecule has 1 aromatic carbocycles. The van der Waals surface area contributed by atoms with Crippen molar-refractivity contribution >= 4 is 17.0 Å². The van der Waals surface area contributed by atoms with E-state index < -0.39 is 5.97 Å². The van der Waals surface area contributed by atoms with Crippen molar-refractivity contribution in [1.29, 1.82) is 0 Å². The zero-order valence-corrected chi connectivity index (χ0v) is 11.7. The van der Waals surface area contributed by atoms with E-state index in [1.165, 1.54) is 23.7 Å². The molecule has 0 saturated carbocycles. The maximum Gasteiger partial charge on any atom is 0.339 e. The lowest BCUT2D eigenvalue weighted by atomic mass is 10.1. The van der Waals surface area contributed by atoms with Crippen LogP contribution < -0.4 is 0 Å². The van der Waals surface area contributed by atoms with Crippen LogP contribution in [0.15, 0.2) is 31.0 Å². The van der Waals surface area contributed by atoms with Crippen LogP contribution >= 0.6 is 0 Å². The van der Waals surface area contributed by atoms with Crippen molar-refractivity contribution in [1.82, 2.24) is 19.5 Å². The minimum atomic E-state index is -1.03. The average Bonchev–Trinajstić information content (AvgIpc) is 2.82. The Morgan fingerprint density at radius 1 is 1.24 bits per heavy atom. The van der Waals surface area contributed by atoms with Crippen LogP contribution in [0.5, 0.6) is 0 Å². The number of carboxylic acid groups (broad SMARTS) is 1. The number of nitrogens with zero attached hydrogens (tertiary/aromatic N) is 4. The summed E-state index contributed by atoms with van der Waals surface area (Å²) in [5.74, 6) is -1.03. The summed E-state index contributed by atoms with van der Waals surface area (Å²) in [5, 5.41) is 9.18. The van der Waals surface area contributed by atoms with Gasteiger partial charge >= 0.3 is 5.97 Å². The molecule has 0 atom stereocenters. The van der Waals surface area contributed by atoms with Crippen LogP contribution in [0.25, 0.3) is 11.0 Å².